The third-order valence-corrected chi connectivity index (χ3v) is 3.34. The molecule has 0 radical (unpaired) electrons. The molecule has 104 valence electrons. The molecule has 1 aromatic carbocycles. The van der Waals surface area contributed by atoms with Gasteiger partial charge in [0.25, 0.3) is 5.69 Å². The molecule has 1 heterocycles. The van der Waals surface area contributed by atoms with Crippen molar-refractivity contribution in [3.8, 4) is 0 Å². The Bertz CT molecular complexity index is 629. The van der Waals surface area contributed by atoms with Gasteiger partial charge in [0.05, 0.1) is 16.4 Å². The Balaban J connectivity index is 2.13. The molecule has 1 saturated heterocycles. The zero-order chi connectivity index (χ0) is 14.7. The lowest BCUT2D eigenvalue weighted by Gasteiger charge is -2.05. The lowest BCUT2D eigenvalue weighted by molar-refractivity contribution is -0.384. The number of hydrogen-bond donors (Lipinski definition) is 2. The first kappa shape index (κ1) is 14.0. The molecule has 1 aliphatic heterocycles. The molecule has 3 amide bonds. The Morgan fingerprint density at radius 3 is 2.90 bits per heavy atom. The van der Waals surface area contributed by atoms with Crippen molar-refractivity contribution < 1.29 is 14.5 Å². The molecule has 0 spiro atoms. The Morgan fingerprint density at radius 2 is 2.30 bits per heavy atom. The van der Waals surface area contributed by atoms with Crippen molar-refractivity contribution in [1.29, 1.82) is 0 Å². The standard InChI is InChI=1S/C11H10N4O4S/c1-6-2-3-7(15(18)19)4-8(6)12-10(17)14-11-13-9(16)5-20-11/h2-4H,5H2,1H3,(H2,12,13,14,16,17). The van der Waals surface area contributed by atoms with Gasteiger partial charge in [0, 0.05) is 12.1 Å². The number of nitro groups is 1. The van der Waals surface area contributed by atoms with Gasteiger partial charge >= 0.3 is 6.03 Å². The van der Waals surface area contributed by atoms with Crippen LogP contribution in [0.5, 0.6) is 0 Å². The highest BCUT2D eigenvalue weighted by atomic mass is 32.2. The summed E-state index contributed by atoms with van der Waals surface area (Å²) in [6.45, 7) is 1.71. The number of amides is 3. The predicted molar refractivity (Wildman–Crippen MR) is 74.9 cm³/mol. The second kappa shape index (κ2) is 5.70. The molecule has 20 heavy (non-hydrogen) atoms. The summed E-state index contributed by atoms with van der Waals surface area (Å²) in [5.74, 6) is 0.00942. The number of aliphatic imine (C=N–C) groups is 1. The van der Waals surface area contributed by atoms with E-state index in [1.807, 2.05) is 0 Å². The molecule has 0 aliphatic carbocycles. The van der Waals surface area contributed by atoms with Crippen LogP contribution in [0.15, 0.2) is 23.2 Å². The molecule has 1 aromatic rings. The molecule has 0 aromatic heterocycles. The highest BCUT2D eigenvalue weighted by Gasteiger charge is 2.18. The average Bonchev–Trinajstić information content (AvgIpc) is 2.77. The number of non-ortho nitro benzene ring substituents is 1. The number of urea groups is 1. The zero-order valence-corrected chi connectivity index (χ0v) is 11.2. The van der Waals surface area contributed by atoms with E-state index >= 15 is 0 Å². The summed E-state index contributed by atoms with van der Waals surface area (Å²) >= 11 is 1.12. The number of rotatable bonds is 2. The van der Waals surface area contributed by atoms with E-state index in [2.05, 4.69) is 15.6 Å². The SMILES string of the molecule is Cc1ccc([N+](=O)[O-])cc1NC(=O)N=C1NC(=O)CS1. The number of aryl methyl sites for hydroxylation is 1. The van der Waals surface area contributed by atoms with E-state index < -0.39 is 11.0 Å². The Kier molecular flexibility index (Phi) is 3.99. The molecule has 2 N–H and O–H groups in total. The van der Waals surface area contributed by atoms with Crippen molar-refractivity contribution >= 4 is 40.2 Å². The fourth-order valence-corrected chi connectivity index (χ4v) is 2.15. The minimum Gasteiger partial charge on any atom is -0.305 e. The van der Waals surface area contributed by atoms with Gasteiger partial charge in [-0.15, -0.1) is 0 Å². The van der Waals surface area contributed by atoms with Gasteiger partial charge < -0.3 is 10.6 Å². The Morgan fingerprint density at radius 1 is 1.55 bits per heavy atom. The summed E-state index contributed by atoms with van der Waals surface area (Å²) in [5, 5.41) is 15.8. The second-order valence-electron chi connectivity index (χ2n) is 3.94. The Hall–Kier alpha value is -2.42. The van der Waals surface area contributed by atoms with E-state index in [1.165, 1.54) is 18.2 Å². The lowest BCUT2D eigenvalue weighted by atomic mass is 10.2. The largest absolute Gasteiger partial charge is 0.347 e. The van der Waals surface area contributed by atoms with Crippen molar-refractivity contribution in [2.75, 3.05) is 11.1 Å². The van der Waals surface area contributed by atoms with Crippen LogP contribution in [0.25, 0.3) is 0 Å². The first-order chi connectivity index (χ1) is 9.45. The van der Waals surface area contributed by atoms with E-state index in [-0.39, 0.29) is 22.5 Å². The predicted octanol–water partition coefficient (Wildman–Crippen LogP) is 1.65. The van der Waals surface area contributed by atoms with Crippen molar-refractivity contribution in [2.24, 2.45) is 4.99 Å². The van der Waals surface area contributed by atoms with Crippen molar-refractivity contribution in [3.63, 3.8) is 0 Å². The molecule has 2 rings (SSSR count). The van der Waals surface area contributed by atoms with Gasteiger partial charge in [-0.2, -0.15) is 4.99 Å². The van der Waals surface area contributed by atoms with Crippen molar-refractivity contribution in [2.45, 2.75) is 6.92 Å². The number of hydrogen-bond acceptors (Lipinski definition) is 5. The maximum atomic E-state index is 11.7. The molecular weight excluding hydrogens is 284 g/mol. The van der Waals surface area contributed by atoms with E-state index in [1.54, 1.807) is 6.92 Å². The number of nitro benzene ring substituents is 1. The van der Waals surface area contributed by atoms with E-state index in [4.69, 9.17) is 0 Å². The molecule has 0 unspecified atom stereocenters. The number of thioether (sulfide) groups is 1. The summed E-state index contributed by atoms with van der Waals surface area (Å²) in [4.78, 5) is 36.4. The quantitative estimate of drug-likeness (QED) is 0.636. The summed E-state index contributed by atoms with van der Waals surface area (Å²) < 4.78 is 0. The van der Waals surface area contributed by atoms with Crippen molar-refractivity contribution in [3.05, 3.63) is 33.9 Å². The van der Waals surface area contributed by atoms with Gasteiger partial charge in [-0.25, -0.2) is 4.79 Å². The van der Waals surface area contributed by atoms with Crippen LogP contribution in [0.3, 0.4) is 0 Å². The number of carbonyl (C=O) groups is 2. The van der Waals surface area contributed by atoms with Crippen LogP contribution in [-0.2, 0) is 4.79 Å². The third-order valence-electron chi connectivity index (χ3n) is 2.46. The zero-order valence-electron chi connectivity index (χ0n) is 10.4. The average molecular weight is 294 g/mol. The number of carbonyl (C=O) groups excluding carboxylic acids is 2. The van der Waals surface area contributed by atoms with Gasteiger partial charge in [0.15, 0.2) is 5.17 Å². The minimum atomic E-state index is -0.696. The van der Waals surface area contributed by atoms with Crippen LogP contribution >= 0.6 is 11.8 Å². The van der Waals surface area contributed by atoms with E-state index in [0.717, 1.165) is 11.8 Å². The lowest BCUT2D eigenvalue weighted by Crippen LogP contribution is -2.22. The smallest absolute Gasteiger partial charge is 0.305 e. The summed E-state index contributed by atoms with van der Waals surface area (Å²) in [6.07, 6.45) is 0. The number of nitrogens with one attached hydrogen (secondary N) is 2. The monoisotopic (exact) mass is 294 g/mol. The van der Waals surface area contributed by atoms with Gasteiger partial charge in [-0.1, -0.05) is 17.8 Å². The second-order valence-corrected chi connectivity index (χ2v) is 4.90. The highest BCUT2D eigenvalue weighted by Crippen LogP contribution is 2.22. The van der Waals surface area contributed by atoms with E-state index in [9.17, 15) is 19.7 Å². The van der Waals surface area contributed by atoms with Crippen LogP contribution in [0.2, 0.25) is 0 Å². The van der Waals surface area contributed by atoms with Crippen molar-refractivity contribution in [1.82, 2.24) is 5.32 Å². The molecule has 1 aliphatic rings. The van der Waals surface area contributed by atoms with Gasteiger partial charge in [-0.3, -0.25) is 14.9 Å². The number of anilines is 1. The maximum Gasteiger partial charge on any atom is 0.347 e. The van der Waals surface area contributed by atoms with Gasteiger partial charge in [0.1, 0.15) is 0 Å². The highest BCUT2D eigenvalue weighted by molar-refractivity contribution is 8.15. The molecule has 0 saturated carbocycles. The third kappa shape index (κ3) is 3.32. The molecular formula is C11H10N4O4S. The molecule has 0 atom stereocenters. The number of nitrogens with zero attached hydrogens (tertiary/aromatic N) is 2. The van der Waals surface area contributed by atoms with E-state index in [0.29, 0.717) is 11.3 Å². The van der Waals surface area contributed by atoms with Gasteiger partial charge in [0.2, 0.25) is 5.91 Å². The Labute approximate surface area is 117 Å². The topological polar surface area (TPSA) is 114 Å². The fraction of sp³-hybridized carbons (Fsp3) is 0.182. The molecule has 8 nitrogen and oxygen atoms in total. The van der Waals surface area contributed by atoms with Gasteiger partial charge in [-0.05, 0) is 12.5 Å². The molecule has 9 heteroatoms. The summed E-state index contributed by atoms with van der Waals surface area (Å²) in [6, 6.07) is 3.45. The fourth-order valence-electron chi connectivity index (χ4n) is 1.48. The molecule has 0 bridgehead atoms. The first-order valence-corrected chi connectivity index (χ1v) is 6.51. The minimum absolute atomic E-state index is 0.123. The summed E-state index contributed by atoms with van der Waals surface area (Å²) in [5.41, 5.74) is 0.859. The molecule has 1 fully saturated rings. The first-order valence-electron chi connectivity index (χ1n) is 5.53. The summed E-state index contributed by atoms with van der Waals surface area (Å²) in [7, 11) is 0. The van der Waals surface area contributed by atoms with Crippen LogP contribution in [0.1, 0.15) is 5.56 Å². The van der Waals surface area contributed by atoms with Crippen LogP contribution in [-0.4, -0.2) is 27.8 Å². The van der Waals surface area contributed by atoms with Crippen LogP contribution < -0.4 is 10.6 Å². The number of benzene rings is 1. The van der Waals surface area contributed by atoms with Crippen LogP contribution in [0, 0.1) is 17.0 Å². The normalized spacial score (nSPS) is 16.1. The van der Waals surface area contributed by atoms with Crippen LogP contribution in [0.4, 0.5) is 16.2 Å². The number of amidine groups is 1. The maximum absolute atomic E-state index is 11.7.